The highest BCUT2D eigenvalue weighted by Gasteiger charge is 2.23. The molecule has 6 nitrogen and oxygen atoms in total. The fraction of sp³-hybridized carbons (Fsp3) is 0.353. The summed E-state index contributed by atoms with van der Waals surface area (Å²) >= 11 is 0. The summed E-state index contributed by atoms with van der Waals surface area (Å²) in [5, 5.41) is 4.43. The van der Waals surface area contributed by atoms with Crippen molar-refractivity contribution in [3.8, 4) is 0 Å². The maximum absolute atomic E-state index is 12.2. The van der Waals surface area contributed by atoms with Gasteiger partial charge in [-0.15, -0.1) is 0 Å². The Morgan fingerprint density at radius 1 is 1.21 bits per heavy atom. The second-order valence-electron chi connectivity index (χ2n) is 5.69. The fourth-order valence-corrected chi connectivity index (χ4v) is 3.42. The number of sulfonamides is 1. The molecular formula is C17H22N2O4S. The zero-order chi connectivity index (χ0) is 17.7. The summed E-state index contributed by atoms with van der Waals surface area (Å²) in [7, 11) is -2.07. The van der Waals surface area contributed by atoms with E-state index in [0.29, 0.717) is 12.3 Å². The molecule has 0 aliphatic heterocycles. The quantitative estimate of drug-likeness (QED) is 0.825. The Labute approximate surface area is 142 Å². The van der Waals surface area contributed by atoms with Crippen LogP contribution in [-0.2, 0) is 19.6 Å². The van der Waals surface area contributed by atoms with Gasteiger partial charge in [-0.25, -0.2) is 8.42 Å². The molecule has 2 rings (SSSR count). The van der Waals surface area contributed by atoms with Gasteiger partial charge in [-0.2, -0.15) is 0 Å². The van der Waals surface area contributed by atoms with Gasteiger partial charge >= 0.3 is 0 Å². The molecule has 0 aliphatic carbocycles. The van der Waals surface area contributed by atoms with E-state index in [-0.39, 0.29) is 18.5 Å². The van der Waals surface area contributed by atoms with E-state index in [1.54, 1.807) is 26.2 Å². The standard InChI is InChI=1S/C17H22N2O4S/c1-13(12-23-2)18-17(20)11-19(24(3,21)22)16-10-6-8-14-7-4-5-9-15(14)16/h4-10,13H,11-12H2,1-3H3,(H,18,20)/t13-/m0/s1. The molecule has 24 heavy (non-hydrogen) atoms. The van der Waals surface area contributed by atoms with Crippen LogP contribution in [0.25, 0.3) is 10.8 Å². The van der Waals surface area contributed by atoms with Crippen molar-refractivity contribution in [1.82, 2.24) is 5.32 Å². The Hall–Kier alpha value is -2.12. The van der Waals surface area contributed by atoms with Gasteiger partial charge in [-0.1, -0.05) is 36.4 Å². The van der Waals surface area contributed by atoms with Crippen molar-refractivity contribution in [1.29, 1.82) is 0 Å². The Bertz CT molecular complexity index is 815. The molecule has 1 amide bonds. The Balaban J connectivity index is 2.34. The number of carbonyl (C=O) groups is 1. The molecule has 0 saturated carbocycles. The van der Waals surface area contributed by atoms with E-state index >= 15 is 0 Å². The van der Waals surface area contributed by atoms with Gasteiger partial charge in [0.1, 0.15) is 6.54 Å². The van der Waals surface area contributed by atoms with Gasteiger partial charge in [0.05, 0.1) is 18.6 Å². The number of amides is 1. The number of rotatable bonds is 7. The third-order valence-electron chi connectivity index (χ3n) is 3.55. The van der Waals surface area contributed by atoms with Gasteiger partial charge in [0, 0.05) is 18.5 Å². The van der Waals surface area contributed by atoms with Gasteiger partial charge in [0.15, 0.2) is 0 Å². The summed E-state index contributed by atoms with van der Waals surface area (Å²) < 4.78 is 30.6. The van der Waals surface area contributed by atoms with Crippen LogP contribution in [0, 0.1) is 0 Å². The van der Waals surface area contributed by atoms with E-state index < -0.39 is 10.0 Å². The first-order valence-electron chi connectivity index (χ1n) is 7.56. The molecule has 0 spiro atoms. The van der Waals surface area contributed by atoms with Crippen LogP contribution in [0.15, 0.2) is 42.5 Å². The second-order valence-corrected chi connectivity index (χ2v) is 7.60. The zero-order valence-corrected chi connectivity index (χ0v) is 14.8. The molecule has 0 unspecified atom stereocenters. The highest BCUT2D eigenvalue weighted by Crippen LogP contribution is 2.28. The molecule has 0 aromatic heterocycles. The highest BCUT2D eigenvalue weighted by atomic mass is 32.2. The van der Waals surface area contributed by atoms with Crippen LogP contribution in [0.2, 0.25) is 0 Å². The summed E-state index contributed by atoms with van der Waals surface area (Å²) in [5.74, 6) is -0.377. The number of hydrogen-bond donors (Lipinski definition) is 1. The number of nitrogens with zero attached hydrogens (tertiary/aromatic N) is 1. The zero-order valence-electron chi connectivity index (χ0n) is 14.0. The van der Waals surface area contributed by atoms with Crippen LogP contribution < -0.4 is 9.62 Å². The van der Waals surface area contributed by atoms with Crippen LogP contribution in [0.3, 0.4) is 0 Å². The smallest absolute Gasteiger partial charge is 0.241 e. The fourth-order valence-electron chi connectivity index (χ4n) is 2.55. The molecular weight excluding hydrogens is 328 g/mol. The first kappa shape index (κ1) is 18.2. The normalized spacial score (nSPS) is 12.8. The van der Waals surface area contributed by atoms with E-state index in [9.17, 15) is 13.2 Å². The molecule has 0 fully saturated rings. The third kappa shape index (κ3) is 4.46. The van der Waals surface area contributed by atoms with Crippen molar-refractivity contribution >= 4 is 32.4 Å². The van der Waals surface area contributed by atoms with Gasteiger partial charge in [0.2, 0.25) is 15.9 Å². The summed E-state index contributed by atoms with van der Waals surface area (Å²) in [4.78, 5) is 12.2. The number of anilines is 1. The lowest BCUT2D eigenvalue weighted by Crippen LogP contribution is -2.44. The number of carbonyl (C=O) groups excluding carboxylic acids is 1. The molecule has 0 bridgehead atoms. The summed E-state index contributed by atoms with van der Waals surface area (Å²) in [6.07, 6.45) is 1.10. The van der Waals surface area contributed by atoms with Crippen molar-refractivity contribution in [2.75, 3.05) is 30.8 Å². The van der Waals surface area contributed by atoms with Crippen LogP contribution in [0.4, 0.5) is 5.69 Å². The number of nitrogens with one attached hydrogen (secondary N) is 1. The molecule has 0 heterocycles. The molecule has 0 saturated heterocycles. The molecule has 2 aromatic carbocycles. The van der Waals surface area contributed by atoms with Crippen molar-refractivity contribution in [2.24, 2.45) is 0 Å². The molecule has 130 valence electrons. The van der Waals surface area contributed by atoms with Gasteiger partial charge in [-0.3, -0.25) is 9.10 Å². The molecule has 0 radical (unpaired) electrons. The van der Waals surface area contributed by atoms with Crippen molar-refractivity contribution in [3.05, 3.63) is 42.5 Å². The van der Waals surface area contributed by atoms with Crippen LogP contribution in [0.5, 0.6) is 0 Å². The Kier molecular flexibility index (Phi) is 5.80. The predicted molar refractivity (Wildman–Crippen MR) is 95.6 cm³/mol. The molecule has 2 aromatic rings. The highest BCUT2D eigenvalue weighted by molar-refractivity contribution is 7.92. The van der Waals surface area contributed by atoms with E-state index in [0.717, 1.165) is 21.3 Å². The lowest BCUT2D eigenvalue weighted by Gasteiger charge is -2.24. The average molecular weight is 350 g/mol. The SMILES string of the molecule is COC[C@H](C)NC(=O)CN(c1cccc2ccccc12)S(C)(=O)=O. The van der Waals surface area contributed by atoms with Crippen molar-refractivity contribution < 1.29 is 17.9 Å². The lowest BCUT2D eigenvalue weighted by molar-refractivity contribution is -0.120. The molecule has 1 atom stereocenters. The van der Waals surface area contributed by atoms with Crippen molar-refractivity contribution in [2.45, 2.75) is 13.0 Å². The van der Waals surface area contributed by atoms with E-state index in [1.807, 2.05) is 30.3 Å². The summed E-state index contributed by atoms with van der Waals surface area (Å²) in [5.41, 5.74) is 0.491. The van der Waals surface area contributed by atoms with Crippen LogP contribution in [0.1, 0.15) is 6.92 Å². The maximum atomic E-state index is 12.2. The number of benzene rings is 2. The van der Waals surface area contributed by atoms with Crippen molar-refractivity contribution in [3.63, 3.8) is 0 Å². The monoisotopic (exact) mass is 350 g/mol. The minimum Gasteiger partial charge on any atom is -0.383 e. The lowest BCUT2D eigenvalue weighted by atomic mass is 10.1. The molecule has 7 heteroatoms. The maximum Gasteiger partial charge on any atom is 0.241 e. The van der Waals surface area contributed by atoms with Crippen LogP contribution >= 0.6 is 0 Å². The number of fused-ring (bicyclic) bond motifs is 1. The van der Waals surface area contributed by atoms with Crippen LogP contribution in [-0.4, -0.2) is 46.9 Å². The topological polar surface area (TPSA) is 75.7 Å². The van der Waals surface area contributed by atoms with Gasteiger partial charge in [0.25, 0.3) is 0 Å². The Morgan fingerprint density at radius 2 is 1.88 bits per heavy atom. The summed E-state index contributed by atoms with van der Waals surface area (Å²) in [6, 6.07) is 12.7. The number of ether oxygens (including phenoxy) is 1. The Morgan fingerprint density at radius 3 is 2.54 bits per heavy atom. The number of hydrogen-bond acceptors (Lipinski definition) is 4. The third-order valence-corrected chi connectivity index (χ3v) is 4.67. The summed E-state index contributed by atoms with van der Waals surface area (Å²) in [6.45, 7) is 1.88. The second kappa shape index (κ2) is 7.63. The predicted octanol–water partition coefficient (Wildman–Crippen LogP) is 1.76. The minimum absolute atomic E-state index is 0.198. The van der Waals surface area contributed by atoms with E-state index in [1.165, 1.54) is 0 Å². The van der Waals surface area contributed by atoms with Gasteiger partial charge < -0.3 is 10.1 Å². The first-order chi connectivity index (χ1) is 11.3. The van der Waals surface area contributed by atoms with Gasteiger partial charge in [-0.05, 0) is 18.4 Å². The average Bonchev–Trinajstić information content (AvgIpc) is 2.51. The largest absolute Gasteiger partial charge is 0.383 e. The van der Waals surface area contributed by atoms with E-state index in [4.69, 9.17) is 4.74 Å². The first-order valence-corrected chi connectivity index (χ1v) is 9.41. The van der Waals surface area contributed by atoms with E-state index in [2.05, 4.69) is 5.32 Å². The molecule has 1 N–H and O–H groups in total. The number of methoxy groups -OCH3 is 1. The minimum atomic E-state index is -3.61. The molecule has 0 aliphatic rings.